The molecular weight excluding hydrogens is 404 g/mol. The number of phenols is 1. The molecule has 0 radical (unpaired) electrons. The van der Waals surface area contributed by atoms with Crippen molar-refractivity contribution in [1.82, 2.24) is 0 Å². The average Bonchev–Trinajstić information content (AvgIpc) is 2.77. The monoisotopic (exact) mass is 446 g/mol. The smallest absolute Gasteiger partial charge is 0.134 e. The number of ether oxygens (including phenoxy) is 2. The fourth-order valence-electron chi connectivity index (χ4n) is 3.07. The Labute approximate surface area is 193 Å². The molecule has 0 bridgehead atoms. The van der Waals surface area contributed by atoms with Crippen molar-refractivity contribution in [2.24, 2.45) is 10.7 Å². The van der Waals surface area contributed by atoms with Crippen molar-refractivity contribution in [1.29, 1.82) is 0 Å². The van der Waals surface area contributed by atoms with Gasteiger partial charge in [-0.1, -0.05) is 57.6 Å². The van der Waals surface area contributed by atoms with Crippen LogP contribution in [0, 0.1) is 0 Å². The molecule has 0 aliphatic heterocycles. The van der Waals surface area contributed by atoms with E-state index in [4.69, 9.17) is 15.2 Å². The molecule has 1 aromatic carbocycles. The summed E-state index contributed by atoms with van der Waals surface area (Å²) >= 11 is 0. The van der Waals surface area contributed by atoms with Crippen LogP contribution in [0.1, 0.15) is 78.2 Å². The number of aromatic hydroxyl groups is 1. The first-order chi connectivity index (χ1) is 15.4. The lowest BCUT2D eigenvalue weighted by molar-refractivity contribution is 0.0109. The molecule has 0 saturated carbocycles. The third-order valence-electron chi connectivity index (χ3n) is 5.17. The first-order valence-corrected chi connectivity index (χ1v) is 11.8. The Morgan fingerprint density at radius 3 is 2.47 bits per heavy atom. The SMILES string of the molecule is CCC=C(C)/C(C)=C\N=C(N)c1ccc(OCC(O)COCCCCCCCC)cc1O. The van der Waals surface area contributed by atoms with Crippen LogP contribution in [0.25, 0.3) is 0 Å². The number of aliphatic imine (C=N–C) groups is 1. The van der Waals surface area contributed by atoms with E-state index in [9.17, 15) is 10.2 Å². The Kier molecular flexibility index (Phi) is 14.2. The maximum Gasteiger partial charge on any atom is 0.134 e. The summed E-state index contributed by atoms with van der Waals surface area (Å²) in [6.45, 7) is 9.26. The number of rotatable bonds is 16. The highest BCUT2D eigenvalue weighted by Gasteiger charge is 2.10. The second-order valence-corrected chi connectivity index (χ2v) is 8.11. The van der Waals surface area contributed by atoms with Crippen molar-refractivity contribution < 1.29 is 19.7 Å². The summed E-state index contributed by atoms with van der Waals surface area (Å²) < 4.78 is 11.1. The molecule has 1 rings (SSSR count). The molecule has 0 aliphatic rings. The quantitative estimate of drug-likeness (QED) is 0.135. The molecule has 0 heterocycles. The molecule has 1 unspecified atom stereocenters. The highest BCUT2D eigenvalue weighted by atomic mass is 16.5. The van der Waals surface area contributed by atoms with Gasteiger partial charge in [0.2, 0.25) is 0 Å². The number of nitrogens with two attached hydrogens (primary N) is 1. The van der Waals surface area contributed by atoms with E-state index in [-0.39, 0.29) is 24.8 Å². The number of unbranched alkanes of at least 4 members (excludes halogenated alkanes) is 5. The van der Waals surface area contributed by atoms with Gasteiger partial charge in [0.25, 0.3) is 0 Å². The number of allylic oxidation sites excluding steroid dienone is 3. The van der Waals surface area contributed by atoms with E-state index in [0.29, 0.717) is 17.9 Å². The van der Waals surface area contributed by atoms with Crippen LogP contribution in [0.3, 0.4) is 0 Å². The molecule has 32 heavy (non-hydrogen) atoms. The van der Waals surface area contributed by atoms with Gasteiger partial charge in [-0.25, -0.2) is 4.99 Å². The molecule has 0 aliphatic carbocycles. The molecule has 0 spiro atoms. The summed E-state index contributed by atoms with van der Waals surface area (Å²) in [5.41, 5.74) is 8.62. The molecule has 1 atom stereocenters. The lowest BCUT2D eigenvalue weighted by Gasteiger charge is -2.14. The van der Waals surface area contributed by atoms with Gasteiger partial charge in [0.1, 0.15) is 30.0 Å². The van der Waals surface area contributed by atoms with E-state index in [2.05, 4.69) is 24.9 Å². The summed E-state index contributed by atoms with van der Waals surface area (Å²) in [6, 6.07) is 4.82. The Morgan fingerprint density at radius 1 is 1.06 bits per heavy atom. The number of aliphatic hydroxyl groups excluding tert-OH is 1. The van der Waals surface area contributed by atoms with Crippen LogP contribution in [0.5, 0.6) is 11.5 Å². The fraction of sp³-hybridized carbons (Fsp3) is 0.577. The summed E-state index contributed by atoms with van der Waals surface area (Å²) in [4.78, 5) is 4.27. The van der Waals surface area contributed by atoms with Gasteiger partial charge in [-0.05, 0) is 44.4 Å². The van der Waals surface area contributed by atoms with Crippen LogP contribution in [-0.4, -0.2) is 42.0 Å². The van der Waals surface area contributed by atoms with Crippen LogP contribution in [0.15, 0.2) is 46.6 Å². The lowest BCUT2D eigenvalue weighted by Crippen LogP contribution is -2.23. The van der Waals surface area contributed by atoms with Gasteiger partial charge < -0.3 is 25.4 Å². The summed E-state index contributed by atoms with van der Waals surface area (Å²) in [6.07, 6.45) is 11.3. The molecular formula is C26H42N2O4. The average molecular weight is 447 g/mol. The van der Waals surface area contributed by atoms with Gasteiger partial charge in [0.05, 0.1) is 12.2 Å². The van der Waals surface area contributed by atoms with Crippen molar-refractivity contribution in [2.75, 3.05) is 19.8 Å². The van der Waals surface area contributed by atoms with E-state index < -0.39 is 6.10 Å². The van der Waals surface area contributed by atoms with Gasteiger partial charge in [-0.3, -0.25) is 0 Å². The molecule has 180 valence electrons. The van der Waals surface area contributed by atoms with E-state index in [0.717, 1.165) is 30.4 Å². The van der Waals surface area contributed by atoms with Crippen molar-refractivity contribution in [3.63, 3.8) is 0 Å². The number of aliphatic hydroxyl groups is 1. The second-order valence-electron chi connectivity index (χ2n) is 8.11. The molecule has 6 nitrogen and oxygen atoms in total. The number of phenolic OH excluding ortho intramolecular Hbond substituents is 1. The number of hydrogen-bond acceptors (Lipinski definition) is 5. The number of benzene rings is 1. The Balaban J connectivity index is 2.45. The number of hydrogen-bond donors (Lipinski definition) is 3. The highest BCUT2D eigenvalue weighted by Crippen LogP contribution is 2.24. The fourth-order valence-corrected chi connectivity index (χ4v) is 3.07. The zero-order chi connectivity index (χ0) is 23.8. The first-order valence-electron chi connectivity index (χ1n) is 11.8. The summed E-state index contributed by atoms with van der Waals surface area (Å²) in [5.74, 6) is 0.646. The Hall–Kier alpha value is -2.31. The minimum Gasteiger partial charge on any atom is -0.507 e. The number of amidine groups is 1. The molecule has 0 saturated heterocycles. The number of nitrogens with zero attached hydrogens (tertiary/aromatic N) is 1. The van der Waals surface area contributed by atoms with E-state index in [1.54, 1.807) is 18.3 Å². The first kappa shape index (κ1) is 27.7. The summed E-state index contributed by atoms with van der Waals surface area (Å²) in [5, 5.41) is 20.3. The molecule has 1 aromatic rings. The van der Waals surface area contributed by atoms with E-state index in [1.165, 1.54) is 31.7 Å². The van der Waals surface area contributed by atoms with Crippen LogP contribution in [0.4, 0.5) is 0 Å². The topological polar surface area (TPSA) is 97.3 Å². The molecule has 0 amide bonds. The van der Waals surface area contributed by atoms with Gasteiger partial charge in [-0.15, -0.1) is 0 Å². The van der Waals surface area contributed by atoms with Crippen LogP contribution >= 0.6 is 0 Å². The minimum absolute atomic E-state index is 0.0237. The predicted molar refractivity (Wildman–Crippen MR) is 132 cm³/mol. The van der Waals surface area contributed by atoms with Gasteiger partial charge in [0.15, 0.2) is 0 Å². The molecule has 6 heteroatoms. The van der Waals surface area contributed by atoms with Crippen molar-refractivity contribution in [2.45, 2.75) is 78.7 Å². The Morgan fingerprint density at radius 2 is 1.78 bits per heavy atom. The van der Waals surface area contributed by atoms with E-state index >= 15 is 0 Å². The highest BCUT2D eigenvalue weighted by molar-refractivity contribution is 6.00. The maximum atomic E-state index is 10.3. The van der Waals surface area contributed by atoms with E-state index in [1.807, 2.05) is 13.8 Å². The molecule has 0 fully saturated rings. The lowest BCUT2D eigenvalue weighted by atomic mass is 10.1. The van der Waals surface area contributed by atoms with Gasteiger partial charge in [0, 0.05) is 18.9 Å². The minimum atomic E-state index is -0.726. The van der Waals surface area contributed by atoms with Crippen LogP contribution in [0.2, 0.25) is 0 Å². The van der Waals surface area contributed by atoms with Gasteiger partial charge >= 0.3 is 0 Å². The zero-order valence-corrected chi connectivity index (χ0v) is 20.3. The largest absolute Gasteiger partial charge is 0.507 e. The van der Waals surface area contributed by atoms with Crippen LogP contribution < -0.4 is 10.5 Å². The standard InChI is InChI=1S/C26H42N2O4/c1-5-7-8-9-10-11-15-31-18-22(29)19-32-23-13-14-24(25(30)16-23)26(27)28-17-21(4)20(3)12-6-2/h12-14,16-17,22,29-30H,5-11,15,18-19H2,1-4H3,(H2,27,28)/b20-12?,21-17-. The summed E-state index contributed by atoms with van der Waals surface area (Å²) in [7, 11) is 0. The molecule has 4 N–H and O–H groups in total. The van der Waals surface area contributed by atoms with Crippen LogP contribution in [-0.2, 0) is 4.74 Å². The normalized spacial score (nSPS) is 14.0. The van der Waals surface area contributed by atoms with Crippen molar-refractivity contribution in [3.8, 4) is 11.5 Å². The van der Waals surface area contributed by atoms with Crippen molar-refractivity contribution >= 4 is 5.84 Å². The second kappa shape index (κ2) is 16.3. The predicted octanol–water partition coefficient (Wildman–Crippen LogP) is 5.47. The zero-order valence-electron chi connectivity index (χ0n) is 20.3. The van der Waals surface area contributed by atoms with Crippen molar-refractivity contribution in [3.05, 3.63) is 47.2 Å². The maximum absolute atomic E-state index is 10.3. The van der Waals surface area contributed by atoms with Gasteiger partial charge in [-0.2, -0.15) is 0 Å². The third-order valence-corrected chi connectivity index (χ3v) is 5.17. The third kappa shape index (κ3) is 11.3. The molecule has 0 aromatic heterocycles. The Bertz CT molecular complexity index is 756.